The molecule has 0 spiro atoms. The molecule has 0 saturated carbocycles. The van der Waals surface area contributed by atoms with Gasteiger partial charge in [-0.2, -0.15) is 0 Å². The highest BCUT2D eigenvalue weighted by atomic mass is 35.5. The van der Waals surface area contributed by atoms with E-state index in [2.05, 4.69) is 30.4 Å². The molecule has 0 radical (unpaired) electrons. The Kier molecular flexibility index (Phi) is 7.04. The molecule has 2 aromatic rings. The van der Waals surface area contributed by atoms with E-state index < -0.39 is 0 Å². The minimum Gasteiger partial charge on any atom is -0.349 e. The van der Waals surface area contributed by atoms with Gasteiger partial charge in [0.15, 0.2) is 0 Å². The maximum absolute atomic E-state index is 12.4. The first kappa shape index (κ1) is 19.3. The largest absolute Gasteiger partial charge is 0.349 e. The zero-order valence-electron chi connectivity index (χ0n) is 15.3. The summed E-state index contributed by atoms with van der Waals surface area (Å²) in [5, 5.41) is 3.96. The molecule has 0 unspecified atom stereocenters. The Balaban J connectivity index is 1.54. The van der Waals surface area contributed by atoms with Crippen molar-refractivity contribution in [2.24, 2.45) is 0 Å². The number of aryl methyl sites for hydroxylation is 2. The van der Waals surface area contributed by atoms with Crippen molar-refractivity contribution in [3.05, 3.63) is 69.7 Å². The first-order valence-corrected chi connectivity index (χ1v) is 10.9. The van der Waals surface area contributed by atoms with Crippen LogP contribution in [0.1, 0.15) is 54.5 Å². The van der Waals surface area contributed by atoms with E-state index in [1.807, 2.05) is 24.3 Å². The molecule has 2 nitrogen and oxygen atoms in total. The average molecular weight is 388 g/mol. The van der Waals surface area contributed by atoms with Crippen LogP contribution in [-0.2, 0) is 23.4 Å². The Morgan fingerprint density at radius 3 is 2.69 bits per heavy atom. The second-order valence-corrected chi connectivity index (χ2v) is 8.24. The van der Waals surface area contributed by atoms with Crippen molar-refractivity contribution in [1.29, 1.82) is 0 Å². The van der Waals surface area contributed by atoms with Crippen LogP contribution in [-0.4, -0.2) is 11.7 Å². The Morgan fingerprint density at radius 1 is 1.15 bits per heavy atom. The van der Waals surface area contributed by atoms with E-state index in [0.717, 1.165) is 22.8 Å². The van der Waals surface area contributed by atoms with Gasteiger partial charge in [0.1, 0.15) is 0 Å². The van der Waals surface area contributed by atoms with Gasteiger partial charge in [0.25, 0.3) is 0 Å². The summed E-state index contributed by atoms with van der Waals surface area (Å²) < 4.78 is 0. The second kappa shape index (κ2) is 9.48. The number of thioether (sulfide) groups is 1. The normalized spacial score (nSPS) is 14.5. The van der Waals surface area contributed by atoms with E-state index in [-0.39, 0.29) is 11.9 Å². The predicted molar refractivity (Wildman–Crippen MR) is 112 cm³/mol. The molecule has 0 aliphatic heterocycles. The van der Waals surface area contributed by atoms with Crippen molar-refractivity contribution < 1.29 is 4.79 Å². The number of hydrogen-bond donors (Lipinski definition) is 1. The molecule has 0 saturated heterocycles. The highest BCUT2D eigenvalue weighted by Gasteiger charge is 2.16. The fourth-order valence-corrected chi connectivity index (χ4v) is 4.62. The lowest BCUT2D eigenvalue weighted by molar-refractivity contribution is -0.119. The molecule has 0 heterocycles. The fraction of sp³-hybridized carbons (Fsp3) is 0.409. The summed E-state index contributed by atoms with van der Waals surface area (Å²) >= 11 is 7.77. The monoisotopic (exact) mass is 387 g/mol. The number of fused-ring (bicyclic) bond motifs is 1. The van der Waals surface area contributed by atoms with Crippen LogP contribution < -0.4 is 5.32 Å². The molecule has 0 fully saturated rings. The van der Waals surface area contributed by atoms with E-state index >= 15 is 0 Å². The zero-order chi connectivity index (χ0) is 18.4. The summed E-state index contributed by atoms with van der Waals surface area (Å²) in [6.07, 6.45) is 5.83. The van der Waals surface area contributed by atoms with Gasteiger partial charge in [-0.05, 0) is 60.4 Å². The molecule has 2 aromatic carbocycles. The first-order valence-electron chi connectivity index (χ1n) is 9.39. The van der Waals surface area contributed by atoms with Crippen LogP contribution >= 0.6 is 23.4 Å². The van der Waals surface area contributed by atoms with Gasteiger partial charge in [0.2, 0.25) is 5.91 Å². The molecule has 1 atom stereocenters. The Morgan fingerprint density at radius 2 is 1.92 bits per heavy atom. The minimum atomic E-state index is 0.0895. The SMILES string of the molecule is CC[C@@H](NC(=O)CSCc1ccccc1Cl)c1ccc2c(c1)CCCC2. The number of hydrogen-bond acceptors (Lipinski definition) is 2. The summed E-state index contributed by atoms with van der Waals surface area (Å²) in [6.45, 7) is 2.13. The Hall–Kier alpha value is -1.45. The van der Waals surface area contributed by atoms with E-state index in [0.29, 0.717) is 5.75 Å². The molecule has 1 aliphatic carbocycles. The van der Waals surface area contributed by atoms with Crippen LogP contribution in [0.4, 0.5) is 0 Å². The standard InChI is InChI=1S/C22H26ClNOS/c1-2-21(18-12-11-16-7-3-4-8-17(16)13-18)24-22(25)15-26-14-19-9-5-6-10-20(19)23/h5-6,9-13,21H,2-4,7-8,14-15H2,1H3,(H,24,25)/t21-/m1/s1. The number of carbonyl (C=O) groups is 1. The van der Waals surface area contributed by atoms with Crippen molar-refractivity contribution in [2.75, 3.05) is 5.75 Å². The summed E-state index contributed by atoms with van der Waals surface area (Å²) in [4.78, 5) is 12.4. The van der Waals surface area contributed by atoms with Gasteiger partial charge in [-0.1, -0.05) is 54.9 Å². The van der Waals surface area contributed by atoms with E-state index in [1.54, 1.807) is 11.8 Å². The third-order valence-electron chi connectivity index (χ3n) is 4.97. The average Bonchev–Trinajstić information content (AvgIpc) is 2.67. The lowest BCUT2D eigenvalue weighted by Gasteiger charge is -2.21. The minimum absolute atomic E-state index is 0.0895. The summed E-state index contributed by atoms with van der Waals surface area (Å²) in [7, 11) is 0. The molecule has 1 N–H and O–H groups in total. The molecule has 1 aliphatic rings. The van der Waals surface area contributed by atoms with Gasteiger partial charge >= 0.3 is 0 Å². The van der Waals surface area contributed by atoms with Gasteiger partial charge < -0.3 is 5.32 Å². The van der Waals surface area contributed by atoms with Crippen LogP contribution in [0.2, 0.25) is 5.02 Å². The number of amides is 1. The van der Waals surface area contributed by atoms with E-state index in [9.17, 15) is 4.79 Å². The fourth-order valence-electron chi connectivity index (χ4n) is 3.50. The van der Waals surface area contributed by atoms with Crippen molar-refractivity contribution in [2.45, 2.75) is 50.8 Å². The van der Waals surface area contributed by atoms with Crippen LogP contribution in [0.15, 0.2) is 42.5 Å². The summed E-state index contributed by atoms with van der Waals surface area (Å²) in [5.41, 5.74) is 5.26. The maximum Gasteiger partial charge on any atom is 0.230 e. The van der Waals surface area contributed by atoms with Gasteiger partial charge in [-0.3, -0.25) is 4.79 Å². The van der Waals surface area contributed by atoms with Crippen LogP contribution in [0, 0.1) is 0 Å². The lowest BCUT2D eigenvalue weighted by atomic mass is 9.89. The number of rotatable bonds is 7. The quantitative estimate of drug-likeness (QED) is 0.658. The van der Waals surface area contributed by atoms with Crippen molar-refractivity contribution in [1.82, 2.24) is 5.32 Å². The van der Waals surface area contributed by atoms with Gasteiger partial charge in [0, 0.05) is 10.8 Å². The van der Waals surface area contributed by atoms with Gasteiger partial charge in [-0.25, -0.2) is 0 Å². The van der Waals surface area contributed by atoms with Crippen LogP contribution in [0.25, 0.3) is 0 Å². The van der Waals surface area contributed by atoms with E-state index in [4.69, 9.17) is 11.6 Å². The molecule has 4 heteroatoms. The highest BCUT2D eigenvalue weighted by molar-refractivity contribution is 7.99. The number of nitrogens with one attached hydrogen (secondary N) is 1. The lowest BCUT2D eigenvalue weighted by Crippen LogP contribution is -2.29. The van der Waals surface area contributed by atoms with Crippen molar-refractivity contribution in [3.63, 3.8) is 0 Å². The Labute approximate surface area is 165 Å². The zero-order valence-corrected chi connectivity index (χ0v) is 16.8. The van der Waals surface area contributed by atoms with Gasteiger partial charge in [-0.15, -0.1) is 11.8 Å². The molecule has 0 bridgehead atoms. The molecule has 1 amide bonds. The van der Waals surface area contributed by atoms with E-state index in [1.165, 1.54) is 42.4 Å². The van der Waals surface area contributed by atoms with Crippen LogP contribution in [0.3, 0.4) is 0 Å². The predicted octanol–water partition coefficient (Wildman–Crippen LogP) is 5.72. The third kappa shape index (κ3) is 5.05. The number of carbonyl (C=O) groups excluding carboxylic acids is 1. The molecule has 26 heavy (non-hydrogen) atoms. The molecule has 3 rings (SSSR count). The second-order valence-electron chi connectivity index (χ2n) is 6.85. The first-order chi connectivity index (χ1) is 12.7. The topological polar surface area (TPSA) is 29.1 Å². The maximum atomic E-state index is 12.4. The number of benzene rings is 2. The molecule has 0 aromatic heterocycles. The van der Waals surface area contributed by atoms with Gasteiger partial charge in [0.05, 0.1) is 11.8 Å². The van der Waals surface area contributed by atoms with Crippen molar-refractivity contribution >= 4 is 29.3 Å². The summed E-state index contributed by atoms with van der Waals surface area (Å²) in [6, 6.07) is 14.6. The van der Waals surface area contributed by atoms with Crippen LogP contribution in [0.5, 0.6) is 0 Å². The third-order valence-corrected chi connectivity index (χ3v) is 6.32. The van der Waals surface area contributed by atoms with Crippen molar-refractivity contribution in [3.8, 4) is 0 Å². The summed E-state index contributed by atoms with van der Waals surface area (Å²) in [5.74, 6) is 1.29. The molecular weight excluding hydrogens is 362 g/mol. The molecule has 138 valence electrons. The smallest absolute Gasteiger partial charge is 0.230 e. The number of halogens is 1. The molecular formula is C22H26ClNOS. The highest BCUT2D eigenvalue weighted by Crippen LogP contribution is 2.26. The Bertz CT molecular complexity index is 762.